The van der Waals surface area contributed by atoms with Gasteiger partial charge in [0.15, 0.2) is 12.9 Å². The van der Waals surface area contributed by atoms with Gasteiger partial charge in [-0.25, -0.2) is 14.4 Å². The van der Waals surface area contributed by atoms with Crippen LogP contribution in [0, 0.1) is 0 Å². The van der Waals surface area contributed by atoms with Crippen molar-refractivity contribution in [1.82, 2.24) is 14.6 Å². The van der Waals surface area contributed by atoms with Gasteiger partial charge in [0.1, 0.15) is 18.0 Å². The predicted molar refractivity (Wildman–Crippen MR) is 100.0 cm³/mol. The number of ether oxygens (including phenoxy) is 3. The van der Waals surface area contributed by atoms with Gasteiger partial charge in [-0.1, -0.05) is 0 Å². The Morgan fingerprint density at radius 3 is 2.77 bits per heavy atom. The van der Waals surface area contributed by atoms with Crippen molar-refractivity contribution in [1.29, 1.82) is 0 Å². The predicted octanol–water partition coefficient (Wildman–Crippen LogP) is 0.785. The maximum absolute atomic E-state index is 14.9. The van der Waals surface area contributed by atoms with Gasteiger partial charge in [-0.05, 0) is 26.8 Å². The van der Waals surface area contributed by atoms with Crippen molar-refractivity contribution >= 4 is 19.5 Å². The molecule has 1 aromatic rings. The third kappa shape index (κ3) is 5.10. The first-order chi connectivity index (χ1) is 14.4. The summed E-state index contributed by atoms with van der Waals surface area (Å²) in [5.41, 5.74) is 4.34. The van der Waals surface area contributed by atoms with Crippen LogP contribution in [-0.4, -0.2) is 59.2 Å². The highest BCUT2D eigenvalue weighted by Gasteiger charge is 2.62. The van der Waals surface area contributed by atoms with E-state index in [1.54, 1.807) is 13.8 Å². The van der Waals surface area contributed by atoms with E-state index in [1.807, 2.05) is 0 Å². The Morgan fingerprint density at radius 1 is 1.42 bits per heavy atom. The summed E-state index contributed by atoms with van der Waals surface area (Å²) in [4.78, 5) is 27.3. The highest BCUT2D eigenvalue weighted by atomic mass is 31.2. The topological polar surface area (TPSA) is 153 Å². The van der Waals surface area contributed by atoms with Gasteiger partial charge in [-0.15, -0.1) is 0 Å². The molecular weight excluding hydrogens is 445 g/mol. The highest BCUT2D eigenvalue weighted by Crippen LogP contribution is 2.50. The summed E-state index contributed by atoms with van der Waals surface area (Å²) in [6.07, 6.45) is -4.70. The molecule has 2 aliphatic heterocycles. The van der Waals surface area contributed by atoms with Gasteiger partial charge in [-0.2, -0.15) is 13.8 Å². The van der Waals surface area contributed by atoms with E-state index in [1.165, 1.54) is 6.92 Å². The average Bonchev–Trinajstić information content (AvgIpc) is 2.88. The molecule has 2 saturated heterocycles. The van der Waals surface area contributed by atoms with Crippen LogP contribution in [0.15, 0.2) is 17.1 Å². The largest absolute Gasteiger partial charge is 0.462 e. The molecule has 174 valence electrons. The van der Waals surface area contributed by atoms with E-state index >= 15 is 0 Å². The molecule has 1 aromatic heterocycles. The summed E-state index contributed by atoms with van der Waals surface area (Å²) >= 11 is 0. The van der Waals surface area contributed by atoms with Gasteiger partial charge in [0.25, 0.3) is 0 Å². The zero-order valence-electron chi connectivity index (χ0n) is 16.9. The van der Waals surface area contributed by atoms with Crippen LogP contribution in [0.1, 0.15) is 27.0 Å². The maximum Gasteiger partial charge on any atom is 0.408 e. The number of nitrogen functional groups attached to an aromatic ring is 1. The Labute approximate surface area is 175 Å². The van der Waals surface area contributed by atoms with Gasteiger partial charge in [0.05, 0.1) is 12.7 Å². The fraction of sp³-hybridized carbons (Fsp3) is 0.688. The first-order valence-electron chi connectivity index (χ1n) is 9.30. The van der Waals surface area contributed by atoms with Crippen molar-refractivity contribution < 1.29 is 41.4 Å². The third-order valence-corrected chi connectivity index (χ3v) is 6.03. The van der Waals surface area contributed by atoms with Crippen LogP contribution in [0.3, 0.4) is 0 Å². The summed E-state index contributed by atoms with van der Waals surface area (Å²) in [6, 6.07) is 0.0823. The van der Waals surface area contributed by atoms with Gasteiger partial charge in [-0.3, -0.25) is 18.4 Å². The lowest BCUT2D eigenvalue weighted by atomic mass is 10.1. The number of carbonyl (C=O) groups is 1. The van der Waals surface area contributed by atoms with Crippen LogP contribution >= 0.6 is 7.75 Å². The molecule has 0 saturated carbocycles. The van der Waals surface area contributed by atoms with Crippen LogP contribution in [0.5, 0.6) is 0 Å². The number of rotatable bonds is 5. The Bertz CT molecular complexity index is 929. The molecule has 0 bridgehead atoms. The number of alkyl halides is 2. The molecule has 2 fully saturated rings. The summed E-state index contributed by atoms with van der Waals surface area (Å²) in [6.45, 7) is 3.16. The number of hydrogen-bond acceptors (Lipinski definition) is 10. The van der Waals surface area contributed by atoms with Crippen LogP contribution in [0.2, 0.25) is 0 Å². The molecule has 15 heteroatoms. The minimum Gasteiger partial charge on any atom is -0.462 e. The molecule has 3 rings (SSSR count). The third-order valence-electron chi connectivity index (χ3n) is 4.39. The molecule has 31 heavy (non-hydrogen) atoms. The zero-order chi connectivity index (χ0) is 23.0. The lowest BCUT2D eigenvalue weighted by Crippen LogP contribution is -2.45. The molecule has 0 radical (unpaired) electrons. The molecule has 0 aromatic carbocycles. The molecule has 0 aliphatic carbocycles. The minimum atomic E-state index is -4.14. The van der Waals surface area contributed by atoms with E-state index in [4.69, 9.17) is 29.0 Å². The van der Waals surface area contributed by atoms with E-state index in [-0.39, 0.29) is 5.82 Å². The first-order valence-corrected chi connectivity index (χ1v) is 10.8. The van der Waals surface area contributed by atoms with E-state index < -0.39 is 69.3 Å². The Morgan fingerprint density at radius 2 is 2.13 bits per heavy atom. The van der Waals surface area contributed by atoms with Crippen LogP contribution in [0.25, 0.3) is 0 Å². The number of aromatic nitrogens is 2. The molecule has 2 aliphatic rings. The molecule has 0 spiro atoms. The lowest BCUT2D eigenvalue weighted by molar-refractivity contribution is -0.175. The minimum absolute atomic E-state index is 0.140. The quantitative estimate of drug-likeness (QED) is 0.466. The number of anilines is 1. The Hall–Kier alpha value is -1.96. The van der Waals surface area contributed by atoms with E-state index in [9.17, 15) is 22.9 Å². The zero-order valence-corrected chi connectivity index (χ0v) is 17.8. The van der Waals surface area contributed by atoms with Crippen LogP contribution in [-0.2, 0) is 32.6 Å². The SMILES string of the molecule is CC(C)OC(=O)C(C)NP1(=O)OCO[C@@H]2[C@@H](CO1)O[C@@H](n1ccc(N)nc1=O)C2(F)F. The summed E-state index contributed by atoms with van der Waals surface area (Å²) < 4.78 is 68.8. The van der Waals surface area contributed by atoms with Crippen molar-refractivity contribution in [2.45, 2.75) is 57.3 Å². The van der Waals surface area contributed by atoms with Gasteiger partial charge in [0.2, 0.25) is 6.23 Å². The molecule has 0 amide bonds. The fourth-order valence-electron chi connectivity index (χ4n) is 3.00. The standard InChI is InChI=1S/C16H23F2N4O8P/c1-8(2)29-13(23)9(3)21-31(25)27-6-10-12(26-7-28-31)16(17,18)14(30-10)22-5-4-11(19)20-15(22)24/h4-5,8-10,12,14H,6-7H2,1-3H3,(H,21,25)(H2,19,20,24)/t9?,10-,12-,14-,31?/m1/s1. The van der Waals surface area contributed by atoms with E-state index in [0.717, 1.165) is 12.3 Å². The second-order valence-corrected chi connectivity index (χ2v) is 8.98. The molecule has 3 N–H and O–H groups in total. The van der Waals surface area contributed by atoms with Crippen LogP contribution < -0.4 is 16.5 Å². The highest BCUT2D eigenvalue weighted by molar-refractivity contribution is 7.51. The molecule has 3 heterocycles. The lowest BCUT2D eigenvalue weighted by Gasteiger charge is -2.29. The fourth-order valence-corrected chi connectivity index (χ4v) is 4.34. The van der Waals surface area contributed by atoms with Crippen molar-refractivity contribution in [3.63, 3.8) is 0 Å². The number of nitrogens with zero attached hydrogens (tertiary/aromatic N) is 2. The van der Waals surface area contributed by atoms with Crippen molar-refractivity contribution in [2.75, 3.05) is 19.1 Å². The van der Waals surface area contributed by atoms with Crippen LogP contribution in [0.4, 0.5) is 14.6 Å². The van der Waals surface area contributed by atoms with Crippen molar-refractivity contribution in [3.05, 3.63) is 22.7 Å². The first kappa shape index (κ1) is 23.7. The van der Waals surface area contributed by atoms with E-state index in [2.05, 4.69) is 10.1 Å². The van der Waals surface area contributed by atoms with Gasteiger partial charge >= 0.3 is 25.3 Å². The monoisotopic (exact) mass is 468 g/mol. The van der Waals surface area contributed by atoms with Crippen molar-refractivity contribution in [2.24, 2.45) is 0 Å². The summed E-state index contributed by atoms with van der Waals surface area (Å²) in [5.74, 6) is -4.53. The Kier molecular flexibility index (Phi) is 6.79. The number of carbonyl (C=O) groups excluding carboxylic acids is 1. The smallest absolute Gasteiger partial charge is 0.408 e. The molecule has 5 atom stereocenters. The molecule has 2 unspecified atom stereocenters. The molecule has 12 nitrogen and oxygen atoms in total. The number of esters is 1. The second-order valence-electron chi connectivity index (χ2n) is 7.21. The average molecular weight is 468 g/mol. The number of hydrogen-bond donors (Lipinski definition) is 2. The molecular formula is C16H23F2N4O8P. The van der Waals surface area contributed by atoms with Gasteiger partial charge < -0.3 is 19.9 Å². The summed E-state index contributed by atoms with van der Waals surface area (Å²) in [5, 5.41) is 2.36. The Balaban J connectivity index is 1.74. The normalized spacial score (nSPS) is 31.5. The summed E-state index contributed by atoms with van der Waals surface area (Å²) in [7, 11) is -4.14. The number of fused-ring (bicyclic) bond motifs is 1. The van der Waals surface area contributed by atoms with Crippen molar-refractivity contribution in [3.8, 4) is 0 Å². The number of halogens is 2. The maximum atomic E-state index is 14.9. The van der Waals surface area contributed by atoms with E-state index in [0.29, 0.717) is 4.57 Å². The van der Waals surface area contributed by atoms with Gasteiger partial charge in [0, 0.05) is 6.20 Å². The number of nitrogens with two attached hydrogens (primary N) is 1. The number of nitrogens with one attached hydrogen (secondary N) is 1. The second kappa shape index (κ2) is 8.88.